The minimum Gasteiger partial charge on any atom is -0.408 e. The number of benzene rings is 1. The molecule has 2 aromatic rings. The van der Waals surface area contributed by atoms with Crippen LogP contribution in [-0.2, 0) is 0 Å². The Bertz CT molecular complexity index is 555. The van der Waals surface area contributed by atoms with Gasteiger partial charge in [-0.2, -0.15) is 0 Å². The van der Waals surface area contributed by atoms with Crippen molar-refractivity contribution in [2.75, 3.05) is 13.1 Å². The van der Waals surface area contributed by atoms with Crippen LogP contribution in [0.25, 0.3) is 11.1 Å². The van der Waals surface area contributed by atoms with Gasteiger partial charge >= 0.3 is 5.76 Å². The van der Waals surface area contributed by atoms with E-state index in [1.807, 2.05) is 12.1 Å². The van der Waals surface area contributed by atoms with Crippen molar-refractivity contribution in [2.45, 2.75) is 18.8 Å². The molecule has 1 unspecified atom stereocenters. The SMILES string of the molecule is Cl.O=c1[nH]c2ccc(C3CCCNC3)cc2o1. The number of hydrogen-bond donors (Lipinski definition) is 2. The summed E-state index contributed by atoms with van der Waals surface area (Å²) in [5, 5.41) is 3.39. The molecule has 5 heteroatoms. The van der Waals surface area contributed by atoms with Gasteiger partial charge in [-0.05, 0) is 43.0 Å². The number of aromatic amines is 1. The van der Waals surface area contributed by atoms with E-state index in [1.165, 1.54) is 18.4 Å². The monoisotopic (exact) mass is 254 g/mol. The average Bonchev–Trinajstić information content (AvgIpc) is 2.69. The normalized spacial score (nSPS) is 20.1. The van der Waals surface area contributed by atoms with E-state index in [0.717, 1.165) is 18.6 Å². The molecule has 1 fully saturated rings. The minimum atomic E-state index is -0.381. The Morgan fingerprint density at radius 3 is 3.00 bits per heavy atom. The van der Waals surface area contributed by atoms with E-state index in [9.17, 15) is 4.79 Å². The van der Waals surface area contributed by atoms with Gasteiger partial charge in [-0.3, -0.25) is 4.98 Å². The molecule has 0 saturated carbocycles. The van der Waals surface area contributed by atoms with Crippen LogP contribution in [0.2, 0.25) is 0 Å². The summed E-state index contributed by atoms with van der Waals surface area (Å²) in [6.45, 7) is 2.12. The Morgan fingerprint density at radius 2 is 2.24 bits per heavy atom. The van der Waals surface area contributed by atoms with Crippen LogP contribution in [0.3, 0.4) is 0 Å². The van der Waals surface area contributed by atoms with Gasteiger partial charge in [-0.1, -0.05) is 6.07 Å². The lowest BCUT2D eigenvalue weighted by Crippen LogP contribution is -2.28. The Balaban J connectivity index is 0.00000108. The third-order valence-corrected chi connectivity index (χ3v) is 3.21. The molecule has 0 amide bonds. The highest BCUT2D eigenvalue weighted by Crippen LogP contribution is 2.25. The number of rotatable bonds is 1. The van der Waals surface area contributed by atoms with Gasteiger partial charge in [0.15, 0.2) is 5.58 Å². The third kappa shape index (κ3) is 2.37. The Morgan fingerprint density at radius 1 is 1.35 bits per heavy atom. The van der Waals surface area contributed by atoms with Crippen LogP contribution in [0, 0.1) is 0 Å². The average molecular weight is 255 g/mol. The first-order chi connectivity index (χ1) is 7.83. The third-order valence-electron chi connectivity index (χ3n) is 3.21. The summed E-state index contributed by atoms with van der Waals surface area (Å²) >= 11 is 0. The highest BCUT2D eigenvalue weighted by molar-refractivity contribution is 5.85. The molecule has 2 heterocycles. The lowest BCUT2D eigenvalue weighted by atomic mass is 9.91. The van der Waals surface area contributed by atoms with E-state index in [1.54, 1.807) is 0 Å². The number of aromatic nitrogens is 1. The molecule has 1 saturated heterocycles. The fourth-order valence-corrected chi connectivity index (χ4v) is 2.35. The molecule has 2 N–H and O–H groups in total. The highest BCUT2D eigenvalue weighted by atomic mass is 35.5. The molecule has 1 aromatic heterocycles. The molecule has 0 spiro atoms. The number of H-pyrrole nitrogens is 1. The number of hydrogen-bond acceptors (Lipinski definition) is 3. The van der Waals surface area contributed by atoms with Gasteiger partial charge in [0.1, 0.15) is 0 Å². The Kier molecular flexibility index (Phi) is 3.54. The fraction of sp³-hybridized carbons (Fsp3) is 0.417. The molecule has 1 atom stereocenters. The smallest absolute Gasteiger partial charge is 0.408 e. The summed E-state index contributed by atoms with van der Waals surface area (Å²) in [7, 11) is 0. The zero-order valence-electron chi connectivity index (χ0n) is 9.36. The van der Waals surface area contributed by atoms with Gasteiger partial charge in [-0.15, -0.1) is 12.4 Å². The van der Waals surface area contributed by atoms with Crippen LogP contribution in [-0.4, -0.2) is 18.1 Å². The maximum absolute atomic E-state index is 11.0. The van der Waals surface area contributed by atoms with Crippen molar-refractivity contribution in [1.29, 1.82) is 0 Å². The number of nitrogens with one attached hydrogen (secondary N) is 2. The first kappa shape index (κ1) is 12.2. The first-order valence-electron chi connectivity index (χ1n) is 5.66. The maximum Gasteiger partial charge on any atom is 0.417 e. The quantitative estimate of drug-likeness (QED) is 0.819. The van der Waals surface area contributed by atoms with E-state index in [2.05, 4.69) is 16.4 Å². The molecule has 1 aliphatic heterocycles. The first-order valence-corrected chi connectivity index (χ1v) is 5.66. The molecule has 0 aliphatic carbocycles. The van der Waals surface area contributed by atoms with E-state index in [0.29, 0.717) is 11.5 Å². The second-order valence-electron chi connectivity index (χ2n) is 4.31. The molecule has 3 rings (SSSR count). The molecule has 1 aliphatic rings. The molecule has 4 nitrogen and oxygen atoms in total. The van der Waals surface area contributed by atoms with Crippen LogP contribution in [0.5, 0.6) is 0 Å². The second kappa shape index (κ2) is 4.94. The van der Waals surface area contributed by atoms with Gasteiger partial charge in [0.2, 0.25) is 0 Å². The zero-order chi connectivity index (χ0) is 11.0. The standard InChI is InChI=1S/C12H14N2O2.ClH/c15-12-14-10-4-3-8(6-11(10)16-12)9-2-1-5-13-7-9;/h3-4,6,9,13H,1-2,5,7H2,(H,14,15);1H. The van der Waals surface area contributed by atoms with Gasteiger partial charge in [0, 0.05) is 6.54 Å². The summed E-state index contributed by atoms with van der Waals surface area (Å²) in [5.74, 6) is 0.160. The topological polar surface area (TPSA) is 58.0 Å². The molecule has 1 aromatic carbocycles. The molecular formula is C12H15ClN2O2. The summed E-state index contributed by atoms with van der Waals surface area (Å²) < 4.78 is 5.07. The Hall–Kier alpha value is -1.26. The van der Waals surface area contributed by atoms with Crippen molar-refractivity contribution in [3.8, 4) is 0 Å². The van der Waals surface area contributed by atoms with Crippen LogP contribution in [0.15, 0.2) is 27.4 Å². The lowest BCUT2D eigenvalue weighted by molar-refractivity contribution is 0.461. The molecular weight excluding hydrogens is 240 g/mol. The van der Waals surface area contributed by atoms with Crippen LogP contribution in [0.1, 0.15) is 24.3 Å². The van der Waals surface area contributed by atoms with Crippen LogP contribution < -0.4 is 11.1 Å². The minimum absolute atomic E-state index is 0. The van der Waals surface area contributed by atoms with Crippen molar-refractivity contribution in [3.05, 3.63) is 34.3 Å². The van der Waals surface area contributed by atoms with Gasteiger partial charge in [0.25, 0.3) is 0 Å². The largest absolute Gasteiger partial charge is 0.417 e. The summed E-state index contributed by atoms with van der Waals surface area (Å²) in [6, 6.07) is 5.97. The zero-order valence-corrected chi connectivity index (χ0v) is 10.2. The predicted molar refractivity (Wildman–Crippen MR) is 68.9 cm³/mol. The molecule has 17 heavy (non-hydrogen) atoms. The number of halogens is 1. The molecule has 0 bridgehead atoms. The summed E-state index contributed by atoms with van der Waals surface area (Å²) in [6.07, 6.45) is 2.41. The van der Waals surface area contributed by atoms with E-state index >= 15 is 0 Å². The fourth-order valence-electron chi connectivity index (χ4n) is 2.35. The van der Waals surface area contributed by atoms with Crippen molar-refractivity contribution in [3.63, 3.8) is 0 Å². The van der Waals surface area contributed by atoms with E-state index < -0.39 is 0 Å². The number of fused-ring (bicyclic) bond motifs is 1. The van der Waals surface area contributed by atoms with Gasteiger partial charge in [0.05, 0.1) is 5.52 Å². The summed E-state index contributed by atoms with van der Waals surface area (Å²) in [5.41, 5.74) is 2.69. The van der Waals surface area contributed by atoms with Crippen LogP contribution in [0.4, 0.5) is 0 Å². The number of piperidine rings is 1. The Labute approximate surface area is 105 Å². The second-order valence-corrected chi connectivity index (χ2v) is 4.31. The van der Waals surface area contributed by atoms with Gasteiger partial charge < -0.3 is 9.73 Å². The van der Waals surface area contributed by atoms with Crippen LogP contribution >= 0.6 is 12.4 Å². The van der Waals surface area contributed by atoms with Crippen molar-refractivity contribution in [2.24, 2.45) is 0 Å². The lowest BCUT2D eigenvalue weighted by Gasteiger charge is -2.22. The number of oxazole rings is 1. The van der Waals surface area contributed by atoms with Crippen molar-refractivity contribution >= 4 is 23.5 Å². The van der Waals surface area contributed by atoms with Crippen molar-refractivity contribution in [1.82, 2.24) is 10.3 Å². The molecule has 92 valence electrons. The van der Waals surface area contributed by atoms with Gasteiger partial charge in [-0.25, -0.2) is 4.79 Å². The van der Waals surface area contributed by atoms with Crippen molar-refractivity contribution < 1.29 is 4.42 Å². The van der Waals surface area contributed by atoms with E-state index in [-0.39, 0.29) is 18.2 Å². The predicted octanol–water partition coefficient (Wildman–Crippen LogP) is 2.01. The summed E-state index contributed by atoms with van der Waals surface area (Å²) in [4.78, 5) is 13.7. The van der Waals surface area contributed by atoms with E-state index in [4.69, 9.17) is 4.42 Å². The maximum atomic E-state index is 11.0. The highest BCUT2D eigenvalue weighted by Gasteiger charge is 2.15. The molecule has 0 radical (unpaired) electrons.